The Morgan fingerprint density at radius 2 is 0.576 bits per heavy atom. The minimum atomic E-state index is -1.53. The lowest BCUT2D eigenvalue weighted by Crippen LogP contribution is -2.40. The maximum absolute atomic E-state index is 13.0. The van der Waals surface area contributed by atoms with Crippen molar-refractivity contribution in [2.75, 3.05) is 47.5 Å². The van der Waals surface area contributed by atoms with Gasteiger partial charge in [0.25, 0.3) is 6.29 Å². The summed E-state index contributed by atoms with van der Waals surface area (Å²) in [6.45, 7) is 4.71. The molecule has 9 nitrogen and oxygen atoms in total. The molecule has 99 heavy (non-hydrogen) atoms. The van der Waals surface area contributed by atoms with Crippen LogP contribution in [0.4, 0.5) is 0 Å². The fourth-order valence-electron chi connectivity index (χ4n) is 10.9. The molecular formula is C90H150NO8+. The number of carbonyl (C=O) groups excluding carboxylic acids is 2. The lowest BCUT2D eigenvalue weighted by Gasteiger charge is -2.25. The topological polar surface area (TPSA) is 108 Å². The number of aliphatic carboxylic acids is 1. The number of esters is 2. The van der Waals surface area contributed by atoms with Crippen LogP contribution in [0.3, 0.4) is 0 Å². The van der Waals surface area contributed by atoms with E-state index in [1.165, 1.54) is 173 Å². The largest absolute Gasteiger partial charge is 0.477 e. The summed E-state index contributed by atoms with van der Waals surface area (Å²) < 4.78 is 23.0. The highest BCUT2D eigenvalue weighted by Crippen LogP contribution is 2.18. The molecule has 0 aliphatic heterocycles. The maximum Gasteiger partial charge on any atom is 0.361 e. The number of carboxylic acid groups (broad SMARTS) is 1. The van der Waals surface area contributed by atoms with Gasteiger partial charge >= 0.3 is 17.9 Å². The van der Waals surface area contributed by atoms with E-state index >= 15 is 0 Å². The number of hydrogen-bond acceptors (Lipinski definition) is 7. The second-order valence-corrected chi connectivity index (χ2v) is 27.6. The summed E-state index contributed by atoms with van der Waals surface area (Å²) in [4.78, 5) is 37.7. The zero-order valence-corrected chi connectivity index (χ0v) is 64.3. The van der Waals surface area contributed by atoms with Gasteiger partial charge in [-0.05, 0) is 135 Å². The summed E-state index contributed by atoms with van der Waals surface area (Å²) in [5.74, 6) is -2.07. The molecule has 0 rings (SSSR count). The van der Waals surface area contributed by atoms with Crippen LogP contribution in [-0.2, 0) is 33.3 Å². The third-order valence-electron chi connectivity index (χ3n) is 17.0. The van der Waals surface area contributed by atoms with Gasteiger partial charge in [-0.25, -0.2) is 4.79 Å². The molecular weight excluding hydrogens is 1220 g/mol. The molecule has 0 aromatic heterocycles. The van der Waals surface area contributed by atoms with Gasteiger partial charge in [0.2, 0.25) is 0 Å². The summed E-state index contributed by atoms with van der Waals surface area (Å²) >= 11 is 0. The minimum absolute atomic E-state index is 0.172. The molecule has 562 valence electrons. The van der Waals surface area contributed by atoms with Crippen molar-refractivity contribution in [1.82, 2.24) is 0 Å². The standard InChI is InChI=1S/C90H149NO8/c1-6-8-10-12-14-16-18-20-22-24-26-28-30-32-34-36-38-40-42-43-44-45-47-49-51-53-55-57-59-61-63-65-67-69-71-73-75-77-79-81-88(93)99-86(85-98-90(89(94)95)96-83-82-91(3,4)5)84-97-87(92)80-78-76-74-72-70-68-66-64-62-60-58-56-54-52-50-48-46-41-39-37-35-33-31-29-27-25-23-21-19-17-15-13-11-9-7-2/h8,10,14,16,19-22,25-28,32,34,38,40,43-44,47,49,53,55,59,61,65,67,71,73,86,90H,6-7,9,11-13,15,17-18,23-24,29-31,33,35-37,39,41-42,45-46,48,50-52,54,56-58,60,62-64,66,68-70,72,74-85H2,1-5H3/p+1/b10-8-,16-14-,21-19-,22-20-,27-25-,28-26-,34-32-,40-38-,44-43-,49-47-,55-53-,61-59-,67-65-,73-71-. The lowest BCUT2D eigenvalue weighted by atomic mass is 10.0. The Kier molecular flexibility index (Phi) is 74.1. The third-order valence-corrected chi connectivity index (χ3v) is 17.0. The number of hydrogen-bond donors (Lipinski definition) is 1. The number of unbranched alkanes of at least 4 members (excludes halogenated alkanes) is 30. The van der Waals surface area contributed by atoms with E-state index in [9.17, 15) is 19.5 Å². The minimum Gasteiger partial charge on any atom is -0.477 e. The van der Waals surface area contributed by atoms with Crippen molar-refractivity contribution < 1.29 is 42.9 Å². The molecule has 0 aliphatic rings. The number of carboxylic acids is 1. The van der Waals surface area contributed by atoms with Crippen LogP contribution in [0.2, 0.25) is 0 Å². The lowest BCUT2D eigenvalue weighted by molar-refractivity contribution is -0.870. The molecule has 0 spiro atoms. The molecule has 0 fully saturated rings. The summed E-state index contributed by atoms with van der Waals surface area (Å²) in [6, 6.07) is 0. The van der Waals surface area contributed by atoms with Crippen LogP contribution in [0, 0.1) is 0 Å². The van der Waals surface area contributed by atoms with E-state index in [1.807, 2.05) is 21.1 Å². The van der Waals surface area contributed by atoms with Crippen molar-refractivity contribution in [1.29, 1.82) is 0 Å². The number of allylic oxidation sites excluding steroid dienone is 28. The number of nitrogens with zero attached hydrogens (tertiary/aromatic N) is 1. The predicted octanol–water partition coefficient (Wildman–Crippen LogP) is 26.1. The van der Waals surface area contributed by atoms with Crippen molar-refractivity contribution in [2.45, 2.75) is 334 Å². The Hall–Kier alpha value is -5.35. The predicted molar refractivity (Wildman–Crippen MR) is 428 cm³/mol. The summed E-state index contributed by atoms with van der Waals surface area (Å²) in [6.07, 6.45) is 115. The van der Waals surface area contributed by atoms with Crippen LogP contribution < -0.4 is 0 Å². The van der Waals surface area contributed by atoms with E-state index in [2.05, 4.69) is 184 Å². The normalized spacial score (nSPS) is 13.6. The van der Waals surface area contributed by atoms with E-state index in [4.69, 9.17) is 18.9 Å². The second-order valence-electron chi connectivity index (χ2n) is 27.6. The zero-order valence-electron chi connectivity index (χ0n) is 64.3. The fraction of sp³-hybridized carbons (Fsp3) is 0.656. The van der Waals surface area contributed by atoms with E-state index in [1.54, 1.807) is 0 Å². The Morgan fingerprint density at radius 1 is 0.313 bits per heavy atom. The van der Waals surface area contributed by atoms with Crippen molar-refractivity contribution in [3.63, 3.8) is 0 Å². The van der Waals surface area contributed by atoms with Crippen LogP contribution in [-0.4, -0.2) is 87.4 Å². The molecule has 2 unspecified atom stereocenters. The Bertz CT molecular complexity index is 2240. The van der Waals surface area contributed by atoms with E-state index in [0.717, 1.165) is 116 Å². The van der Waals surface area contributed by atoms with Gasteiger partial charge < -0.3 is 28.5 Å². The first-order valence-corrected chi connectivity index (χ1v) is 40.3. The number of carbonyl (C=O) groups is 3. The van der Waals surface area contributed by atoms with Gasteiger partial charge in [0.15, 0.2) is 6.10 Å². The van der Waals surface area contributed by atoms with Gasteiger partial charge in [-0.3, -0.25) is 9.59 Å². The van der Waals surface area contributed by atoms with E-state index in [-0.39, 0.29) is 38.6 Å². The van der Waals surface area contributed by atoms with Gasteiger partial charge in [-0.2, -0.15) is 0 Å². The molecule has 0 radical (unpaired) electrons. The van der Waals surface area contributed by atoms with Gasteiger partial charge in [0.1, 0.15) is 13.2 Å². The van der Waals surface area contributed by atoms with Crippen LogP contribution in [0.15, 0.2) is 170 Å². The number of ether oxygens (including phenoxy) is 4. The smallest absolute Gasteiger partial charge is 0.361 e. The third kappa shape index (κ3) is 79.8. The van der Waals surface area contributed by atoms with Gasteiger partial charge in [-0.15, -0.1) is 0 Å². The monoisotopic (exact) mass is 1370 g/mol. The molecule has 2 atom stereocenters. The van der Waals surface area contributed by atoms with E-state index < -0.39 is 24.3 Å². The Morgan fingerprint density at radius 3 is 0.879 bits per heavy atom. The molecule has 0 aromatic carbocycles. The van der Waals surface area contributed by atoms with E-state index in [0.29, 0.717) is 17.4 Å². The number of rotatable bonds is 73. The molecule has 0 aliphatic carbocycles. The molecule has 0 saturated heterocycles. The second kappa shape index (κ2) is 78.4. The average molecular weight is 1370 g/mol. The number of quaternary nitrogens is 1. The van der Waals surface area contributed by atoms with Crippen LogP contribution in [0.5, 0.6) is 0 Å². The highest BCUT2D eigenvalue weighted by molar-refractivity contribution is 5.71. The van der Waals surface area contributed by atoms with Crippen LogP contribution in [0.25, 0.3) is 0 Å². The first kappa shape index (κ1) is 93.6. The van der Waals surface area contributed by atoms with Crippen LogP contribution >= 0.6 is 0 Å². The van der Waals surface area contributed by atoms with Crippen molar-refractivity contribution in [3.05, 3.63) is 170 Å². The highest BCUT2D eigenvalue weighted by Gasteiger charge is 2.25. The molecule has 0 aromatic rings. The van der Waals surface area contributed by atoms with Crippen molar-refractivity contribution in [3.8, 4) is 0 Å². The zero-order chi connectivity index (χ0) is 71.8. The molecule has 9 heteroatoms. The van der Waals surface area contributed by atoms with Crippen LogP contribution in [0.1, 0.15) is 322 Å². The SMILES string of the molecule is CC/C=C\C/C=C\C/C=C\C/C=C\C/C=C\C/C=C\C/C=C\C/C=C\C/C=C\C/C=C\C/C=C\C/C=C\CCCCC(=O)OC(COC(=O)CCCCCCCCCCCCCCCCCCCCCCCCC/C=C\C/C=C\CCCCCCC)COC(OCC[N+](C)(C)C)C(=O)O. The molecule has 0 saturated carbocycles. The summed E-state index contributed by atoms with van der Waals surface area (Å²) in [5, 5.41) is 9.77. The Balaban J connectivity index is 4.16. The highest BCUT2D eigenvalue weighted by atomic mass is 16.7. The molecule has 1 N–H and O–H groups in total. The molecule has 0 amide bonds. The Labute approximate surface area is 609 Å². The first-order valence-electron chi connectivity index (χ1n) is 40.3. The summed E-state index contributed by atoms with van der Waals surface area (Å²) in [5.41, 5.74) is 0. The molecule has 0 heterocycles. The van der Waals surface area contributed by atoms with Crippen molar-refractivity contribution >= 4 is 17.9 Å². The maximum atomic E-state index is 13.0. The van der Waals surface area contributed by atoms with Gasteiger partial charge in [-0.1, -0.05) is 344 Å². The van der Waals surface area contributed by atoms with Gasteiger partial charge in [0, 0.05) is 12.8 Å². The first-order chi connectivity index (χ1) is 48.6. The fourth-order valence-corrected chi connectivity index (χ4v) is 10.9. The average Bonchev–Trinajstić information content (AvgIpc) is 1.14. The van der Waals surface area contributed by atoms with Crippen molar-refractivity contribution in [2.24, 2.45) is 0 Å². The number of likely N-dealkylation sites (N-methyl/N-ethyl adjacent to an activating group) is 1. The summed E-state index contributed by atoms with van der Waals surface area (Å²) in [7, 11) is 5.96. The molecule has 0 bridgehead atoms. The quantitative estimate of drug-likeness (QED) is 0.0211. The van der Waals surface area contributed by atoms with Gasteiger partial charge in [0.05, 0.1) is 34.4 Å².